The largest absolute Gasteiger partial charge is 0.340 e. The predicted molar refractivity (Wildman–Crippen MR) is 87.5 cm³/mol. The van der Waals surface area contributed by atoms with Gasteiger partial charge in [0.15, 0.2) is 0 Å². The first-order valence-corrected chi connectivity index (χ1v) is 8.85. The van der Waals surface area contributed by atoms with Crippen LogP contribution in [0.4, 0.5) is 0 Å². The minimum Gasteiger partial charge on any atom is -0.340 e. The lowest BCUT2D eigenvalue weighted by Gasteiger charge is -2.41. The van der Waals surface area contributed by atoms with Crippen LogP contribution in [0.25, 0.3) is 0 Å². The van der Waals surface area contributed by atoms with Crippen molar-refractivity contribution in [2.45, 2.75) is 38.1 Å². The molecule has 0 N–H and O–H groups in total. The maximum atomic E-state index is 12.4. The average Bonchev–Trinajstić information content (AvgIpc) is 3.19. The molecule has 0 aromatic heterocycles. The van der Waals surface area contributed by atoms with E-state index >= 15 is 0 Å². The Labute approximate surface area is 133 Å². The molecular formula is C19H26N2O. The van der Waals surface area contributed by atoms with Crippen molar-refractivity contribution in [1.29, 1.82) is 0 Å². The summed E-state index contributed by atoms with van der Waals surface area (Å²) in [6.07, 6.45) is 6.36. The second kappa shape index (κ2) is 6.04. The smallest absolute Gasteiger partial charge is 0.227 e. The molecule has 3 nitrogen and oxygen atoms in total. The summed E-state index contributed by atoms with van der Waals surface area (Å²) in [4.78, 5) is 17.2. The second-order valence-electron chi connectivity index (χ2n) is 7.32. The van der Waals surface area contributed by atoms with Gasteiger partial charge in [-0.1, -0.05) is 36.8 Å². The third-order valence-electron chi connectivity index (χ3n) is 6.03. The summed E-state index contributed by atoms with van der Waals surface area (Å²) in [5.74, 6) is 2.25. The van der Waals surface area contributed by atoms with E-state index in [-0.39, 0.29) is 0 Å². The summed E-state index contributed by atoms with van der Waals surface area (Å²) in [6.45, 7) is 3.99. The first kappa shape index (κ1) is 14.3. The Morgan fingerprint density at radius 3 is 2.41 bits per heavy atom. The van der Waals surface area contributed by atoms with Crippen LogP contribution < -0.4 is 0 Å². The summed E-state index contributed by atoms with van der Waals surface area (Å²) in [6, 6.07) is 10.9. The number of amides is 1. The highest BCUT2D eigenvalue weighted by atomic mass is 16.2. The predicted octanol–water partition coefficient (Wildman–Crippen LogP) is 2.56. The maximum absolute atomic E-state index is 12.4. The number of nitrogens with zero attached hydrogens (tertiary/aromatic N) is 2. The van der Waals surface area contributed by atoms with Crippen LogP contribution in [-0.4, -0.2) is 47.9 Å². The van der Waals surface area contributed by atoms with E-state index in [1.807, 2.05) is 30.3 Å². The lowest BCUT2D eigenvalue weighted by atomic mass is 9.93. The summed E-state index contributed by atoms with van der Waals surface area (Å²) < 4.78 is 0. The molecule has 4 rings (SSSR count). The van der Waals surface area contributed by atoms with Crippen LogP contribution in [0.1, 0.15) is 31.2 Å². The Bertz CT molecular complexity index is 521. The Balaban J connectivity index is 1.29. The molecule has 2 saturated carbocycles. The number of fused-ring (bicyclic) bond motifs is 2. The highest BCUT2D eigenvalue weighted by Gasteiger charge is 2.42. The summed E-state index contributed by atoms with van der Waals surface area (Å²) >= 11 is 0. The van der Waals surface area contributed by atoms with Gasteiger partial charge >= 0.3 is 0 Å². The first-order valence-electron chi connectivity index (χ1n) is 8.85. The monoisotopic (exact) mass is 298 g/mol. The molecule has 3 aliphatic rings. The number of benzene rings is 1. The van der Waals surface area contributed by atoms with Crippen molar-refractivity contribution < 1.29 is 4.79 Å². The van der Waals surface area contributed by atoms with Gasteiger partial charge in [-0.25, -0.2) is 0 Å². The quantitative estimate of drug-likeness (QED) is 0.856. The fourth-order valence-electron chi connectivity index (χ4n) is 4.84. The number of piperazine rings is 1. The van der Waals surface area contributed by atoms with Crippen molar-refractivity contribution in [3.63, 3.8) is 0 Å². The van der Waals surface area contributed by atoms with Crippen LogP contribution in [-0.2, 0) is 11.2 Å². The van der Waals surface area contributed by atoms with Crippen LogP contribution >= 0.6 is 0 Å². The van der Waals surface area contributed by atoms with Gasteiger partial charge in [-0.2, -0.15) is 0 Å². The van der Waals surface area contributed by atoms with Crippen molar-refractivity contribution in [3.8, 4) is 0 Å². The van der Waals surface area contributed by atoms with Gasteiger partial charge in [-0.3, -0.25) is 9.69 Å². The van der Waals surface area contributed by atoms with Crippen LogP contribution in [0.3, 0.4) is 0 Å². The topological polar surface area (TPSA) is 23.6 Å². The molecule has 1 amide bonds. The van der Waals surface area contributed by atoms with Crippen LogP contribution in [0.2, 0.25) is 0 Å². The molecule has 1 heterocycles. The van der Waals surface area contributed by atoms with E-state index in [0.717, 1.165) is 49.6 Å². The third kappa shape index (κ3) is 2.79. The molecule has 3 atom stereocenters. The molecule has 3 fully saturated rings. The molecular weight excluding hydrogens is 272 g/mol. The Morgan fingerprint density at radius 1 is 1.00 bits per heavy atom. The molecule has 0 spiro atoms. The normalized spacial score (nSPS) is 31.6. The van der Waals surface area contributed by atoms with Crippen LogP contribution in [0, 0.1) is 11.8 Å². The lowest BCUT2D eigenvalue weighted by molar-refractivity contribution is -0.132. The molecule has 2 bridgehead atoms. The number of carbonyl (C=O) groups excluding carboxylic acids is 1. The van der Waals surface area contributed by atoms with Gasteiger partial charge in [-0.05, 0) is 36.7 Å². The van der Waals surface area contributed by atoms with Crippen molar-refractivity contribution >= 4 is 5.91 Å². The van der Waals surface area contributed by atoms with Gasteiger partial charge in [0.1, 0.15) is 0 Å². The van der Waals surface area contributed by atoms with E-state index in [1.54, 1.807) is 0 Å². The van der Waals surface area contributed by atoms with E-state index in [0.29, 0.717) is 12.3 Å². The molecule has 1 aliphatic heterocycles. The fourth-order valence-corrected chi connectivity index (χ4v) is 4.84. The van der Waals surface area contributed by atoms with Gasteiger partial charge in [-0.15, -0.1) is 0 Å². The molecule has 118 valence electrons. The Morgan fingerprint density at radius 2 is 1.77 bits per heavy atom. The van der Waals surface area contributed by atoms with Crippen molar-refractivity contribution in [3.05, 3.63) is 35.9 Å². The van der Waals surface area contributed by atoms with Crippen LogP contribution in [0.5, 0.6) is 0 Å². The molecule has 0 radical (unpaired) electrons. The number of hydrogen-bond donors (Lipinski definition) is 0. The molecule has 3 heteroatoms. The van der Waals surface area contributed by atoms with E-state index in [1.165, 1.54) is 25.7 Å². The van der Waals surface area contributed by atoms with E-state index in [4.69, 9.17) is 0 Å². The number of carbonyl (C=O) groups is 1. The summed E-state index contributed by atoms with van der Waals surface area (Å²) in [5, 5.41) is 0. The zero-order chi connectivity index (χ0) is 14.9. The van der Waals surface area contributed by atoms with Gasteiger partial charge < -0.3 is 4.90 Å². The maximum Gasteiger partial charge on any atom is 0.227 e. The van der Waals surface area contributed by atoms with Gasteiger partial charge in [0, 0.05) is 32.2 Å². The number of rotatable bonds is 3. The van der Waals surface area contributed by atoms with Crippen molar-refractivity contribution in [2.24, 2.45) is 11.8 Å². The van der Waals surface area contributed by atoms with Gasteiger partial charge in [0.05, 0.1) is 6.42 Å². The molecule has 22 heavy (non-hydrogen) atoms. The van der Waals surface area contributed by atoms with E-state index in [2.05, 4.69) is 9.80 Å². The molecule has 1 aromatic rings. The van der Waals surface area contributed by atoms with Gasteiger partial charge in [0.2, 0.25) is 5.91 Å². The van der Waals surface area contributed by atoms with Crippen LogP contribution in [0.15, 0.2) is 30.3 Å². The van der Waals surface area contributed by atoms with E-state index in [9.17, 15) is 4.79 Å². The molecule has 2 aliphatic carbocycles. The minimum atomic E-state index is 0.291. The van der Waals surface area contributed by atoms with Crippen molar-refractivity contribution in [2.75, 3.05) is 26.2 Å². The zero-order valence-corrected chi connectivity index (χ0v) is 13.3. The van der Waals surface area contributed by atoms with Gasteiger partial charge in [0.25, 0.3) is 0 Å². The standard InChI is InChI=1S/C19H26N2O/c22-19(14-15-4-2-1-3-5-15)21-10-8-20(9-11-21)18-13-16-6-7-17(18)12-16/h1-5,16-18H,6-14H2/t16-,17+,18+/m0/s1. The Hall–Kier alpha value is -1.35. The lowest BCUT2D eigenvalue weighted by Crippen LogP contribution is -2.53. The summed E-state index contributed by atoms with van der Waals surface area (Å²) in [5.41, 5.74) is 1.13. The fraction of sp³-hybridized carbons (Fsp3) is 0.632. The second-order valence-corrected chi connectivity index (χ2v) is 7.32. The van der Waals surface area contributed by atoms with Crippen molar-refractivity contribution in [1.82, 2.24) is 9.80 Å². The summed E-state index contributed by atoms with van der Waals surface area (Å²) in [7, 11) is 0. The number of hydrogen-bond acceptors (Lipinski definition) is 2. The molecule has 1 saturated heterocycles. The Kier molecular flexibility index (Phi) is 3.91. The highest BCUT2D eigenvalue weighted by Crippen LogP contribution is 2.46. The average molecular weight is 298 g/mol. The first-order chi connectivity index (χ1) is 10.8. The highest BCUT2D eigenvalue weighted by molar-refractivity contribution is 5.78. The molecule has 0 unspecified atom stereocenters. The third-order valence-corrected chi connectivity index (χ3v) is 6.03. The van der Waals surface area contributed by atoms with E-state index < -0.39 is 0 Å². The zero-order valence-electron chi connectivity index (χ0n) is 13.3. The minimum absolute atomic E-state index is 0.291. The molecule has 1 aromatic carbocycles. The SMILES string of the molecule is O=C(Cc1ccccc1)N1CCN([C@@H]2C[C@H]3CC[C@@H]2C3)CC1.